The van der Waals surface area contributed by atoms with Crippen molar-refractivity contribution in [1.29, 1.82) is 0 Å². The number of aliphatic hydroxyl groups excluding tert-OH is 2. The second kappa shape index (κ2) is 4.03. The summed E-state index contributed by atoms with van der Waals surface area (Å²) in [7, 11) is 1.67. The van der Waals surface area contributed by atoms with Crippen molar-refractivity contribution in [3.63, 3.8) is 0 Å². The molecule has 2 aliphatic heterocycles. The average molecular weight is 228 g/mol. The van der Waals surface area contributed by atoms with Crippen LogP contribution in [0.2, 0.25) is 0 Å². The summed E-state index contributed by atoms with van der Waals surface area (Å²) < 4.78 is 0. The third-order valence-electron chi connectivity index (χ3n) is 3.26. The summed E-state index contributed by atoms with van der Waals surface area (Å²) in [5.74, 6) is -0.498. The van der Waals surface area contributed by atoms with Crippen molar-refractivity contribution in [3.8, 4) is 0 Å². The highest BCUT2D eigenvalue weighted by atomic mass is 16.3. The van der Waals surface area contributed by atoms with Gasteiger partial charge in [-0.05, 0) is 0 Å². The fourth-order valence-electron chi connectivity index (χ4n) is 2.24. The first kappa shape index (κ1) is 11.3. The second-order valence-corrected chi connectivity index (χ2v) is 4.55. The van der Waals surface area contributed by atoms with Gasteiger partial charge in [0.15, 0.2) is 0 Å². The van der Waals surface area contributed by atoms with E-state index in [1.54, 1.807) is 7.05 Å². The van der Waals surface area contributed by atoms with Gasteiger partial charge in [0.25, 0.3) is 0 Å². The van der Waals surface area contributed by atoms with Gasteiger partial charge in [-0.25, -0.2) is 0 Å². The minimum Gasteiger partial charge on any atom is -0.388 e. The topological polar surface area (TPSA) is 81.1 Å². The van der Waals surface area contributed by atoms with Crippen LogP contribution >= 0.6 is 0 Å². The molecule has 0 aromatic rings. The maximum atomic E-state index is 12.0. The predicted molar refractivity (Wildman–Crippen MR) is 54.3 cm³/mol. The van der Waals surface area contributed by atoms with Gasteiger partial charge in [-0.2, -0.15) is 0 Å². The first-order valence-electron chi connectivity index (χ1n) is 5.38. The lowest BCUT2D eigenvalue weighted by molar-refractivity contribution is -0.135. The van der Waals surface area contributed by atoms with E-state index >= 15 is 0 Å². The van der Waals surface area contributed by atoms with Gasteiger partial charge in [0.2, 0.25) is 11.8 Å². The SMILES string of the molecule is CN1CC(C(=O)N2C[C@@H](O)[C@@H](O)C2)CC1=O. The van der Waals surface area contributed by atoms with E-state index in [1.165, 1.54) is 9.80 Å². The normalized spacial score (nSPS) is 34.9. The van der Waals surface area contributed by atoms with Gasteiger partial charge in [-0.3, -0.25) is 9.59 Å². The van der Waals surface area contributed by atoms with Crippen LogP contribution < -0.4 is 0 Å². The summed E-state index contributed by atoms with van der Waals surface area (Å²) in [5.41, 5.74) is 0. The van der Waals surface area contributed by atoms with Crippen molar-refractivity contribution >= 4 is 11.8 Å². The number of nitrogens with zero attached hydrogens (tertiary/aromatic N) is 2. The smallest absolute Gasteiger partial charge is 0.228 e. The number of β-amino-alcohol motifs (C(OH)–C–C–N with tert-alkyl or cyclic N) is 2. The van der Waals surface area contributed by atoms with Crippen molar-refractivity contribution in [1.82, 2.24) is 9.80 Å². The third-order valence-corrected chi connectivity index (χ3v) is 3.26. The first-order valence-corrected chi connectivity index (χ1v) is 5.38. The van der Waals surface area contributed by atoms with Gasteiger partial charge < -0.3 is 20.0 Å². The lowest BCUT2D eigenvalue weighted by Crippen LogP contribution is -2.36. The zero-order valence-corrected chi connectivity index (χ0v) is 9.17. The summed E-state index contributed by atoms with van der Waals surface area (Å²) in [6.45, 7) is 0.753. The summed E-state index contributed by atoms with van der Waals surface area (Å²) in [5, 5.41) is 18.7. The van der Waals surface area contributed by atoms with E-state index in [2.05, 4.69) is 0 Å². The Morgan fingerprint density at radius 2 is 1.81 bits per heavy atom. The highest BCUT2D eigenvalue weighted by molar-refractivity contribution is 5.89. The van der Waals surface area contributed by atoms with E-state index in [1.807, 2.05) is 0 Å². The number of carbonyl (C=O) groups is 2. The van der Waals surface area contributed by atoms with E-state index in [4.69, 9.17) is 0 Å². The van der Waals surface area contributed by atoms with Crippen molar-refractivity contribution in [2.75, 3.05) is 26.7 Å². The number of likely N-dealkylation sites (tertiary alicyclic amines) is 2. The van der Waals surface area contributed by atoms with Crippen molar-refractivity contribution in [2.24, 2.45) is 5.92 Å². The molecule has 1 unspecified atom stereocenters. The molecule has 0 saturated carbocycles. The van der Waals surface area contributed by atoms with Gasteiger partial charge in [0.1, 0.15) is 0 Å². The van der Waals surface area contributed by atoms with Crippen LogP contribution in [0.1, 0.15) is 6.42 Å². The maximum Gasteiger partial charge on any atom is 0.228 e. The first-order chi connectivity index (χ1) is 7.49. The Kier molecular flexibility index (Phi) is 2.86. The molecular weight excluding hydrogens is 212 g/mol. The molecule has 2 heterocycles. The molecule has 6 heteroatoms. The zero-order valence-electron chi connectivity index (χ0n) is 9.17. The Hall–Kier alpha value is -1.14. The van der Waals surface area contributed by atoms with E-state index in [9.17, 15) is 19.8 Å². The van der Waals surface area contributed by atoms with Crippen LogP contribution in [-0.2, 0) is 9.59 Å². The molecule has 0 radical (unpaired) electrons. The molecule has 2 amide bonds. The quantitative estimate of drug-likeness (QED) is 0.545. The minimum atomic E-state index is -0.862. The van der Waals surface area contributed by atoms with Crippen LogP contribution in [0.25, 0.3) is 0 Å². The number of amides is 2. The fourth-order valence-corrected chi connectivity index (χ4v) is 2.24. The van der Waals surface area contributed by atoms with Crippen LogP contribution in [0.4, 0.5) is 0 Å². The average Bonchev–Trinajstić information content (AvgIpc) is 2.72. The lowest BCUT2D eigenvalue weighted by atomic mass is 10.1. The van der Waals surface area contributed by atoms with Gasteiger partial charge in [0.05, 0.1) is 18.1 Å². The molecule has 2 aliphatic rings. The van der Waals surface area contributed by atoms with Crippen molar-refractivity contribution in [2.45, 2.75) is 18.6 Å². The Morgan fingerprint density at radius 1 is 1.25 bits per heavy atom. The zero-order chi connectivity index (χ0) is 11.9. The van der Waals surface area contributed by atoms with Crippen LogP contribution in [-0.4, -0.2) is 70.7 Å². The monoisotopic (exact) mass is 228 g/mol. The highest BCUT2D eigenvalue weighted by Crippen LogP contribution is 2.21. The second-order valence-electron chi connectivity index (χ2n) is 4.55. The molecule has 0 aromatic heterocycles. The van der Waals surface area contributed by atoms with Gasteiger partial charge >= 0.3 is 0 Å². The van der Waals surface area contributed by atoms with E-state index in [0.29, 0.717) is 6.54 Å². The van der Waals surface area contributed by atoms with Gasteiger partial charge in [-0.1, -0.05) is 0 Å². The molecule has 16 heavy (non-hydrogen) atoms. The molecule has 2 fully saturated rings. The number of aliphatic hydroxyl groups is 2. The lowest BCUT2D eigenvalue weighted by Gasteiger charge is -2.19. The Balaban J connectivity index is 1.97. The van der Waals surface area contributed by atoms with Crippen LogP contribution in [0.3, 0.4) is 0 Å². The van der Waals surface area contributed by atoms with Crippen LogP contribution in [0.5, 0.6) is 0 Å². The summed E-state index contributed by atoms with van der Waals surface area (Å²) in [6.07, 6.45) is -1.49. The van der Waals surface area contributed by atoms with Crippen molar-refractivity contribution in [3.05, 3.63) is 0 Å². The number of hydrogen-bond acceptors (Lipinski definition) is 4. The molecule has 0 aromatic carbocycles. The third kappa shape index (κ3) is 1.90. The number of rotatable bonds is 1. The Morgan fingerprint density at radius 3 is 2.25 bits per heavy atom. The van der Waals surface area contributed by atoms with E-state index in [0.717, 1.165) is 0 Å². The molecular formula is C10H16N2O4. The molecule has 2 saturated heterocycles. The highest BCUT2D eigenvalue weighted by Gasteiger charge is 2.39. The molecule has 0 bridgehead atoms. The van der Waals surface area contributed by atoms with E-state index in [-0.39, 0.29) is 37.2 Å². The molecule has 3 atom stereocenters. The molecule has 2 rings (SSSR count). The van der Waals surface area contributed by atoms with Crippen LogP contribution in [0, 0.1) is 5.92 Å². The predicted octanol–water partition coefficient (Wildman–Crippen LogP) is -1.97. The largest absolute Gasteiger partial charge is 0.388 e. The van der Waals surface area contributed by atoms with Gasteiger partial charge in [0, 0.05) is 33.1 Å². The van der Waals surface area contributed by atoms with Gasteiger partial charge in [-0.15, -0.1) is 0 Å². The van der Waals surface area contributed by atoms with E-state index < -0.39 is 12.2 Å². The fraction of sp³-hybridized carbons (Fsp3) is 0.800. The van der Waals surface area contributed by atoms with Crippen LogP contribution in [0.15, 0.2) is 0 Å². The molecule has 0 spiro atoms. The standard InChI is InChI=1S/C10H16N2O4/c1-11-3-6(2-9(11)15)10(16)12-4-7(13)8(14)5-12/h6-8,13-14H,2-5H2,1H3/t6?,7-,8+. The minimum absolute atomic E-state index is 0.0290. The Bertz CT molecular complexity index is 310. The summed E-state index contributed by atoms with van der Waals surface area (Å²) in [4.78, 5) is 26.2. The molecule has 90 valence electrons. The summed E-state index contributed by atoms with van der Waals surface area (Å²) in [6, 6.07) is 0. The summed E-state index contributed by atoms with van der Waals surface area (Å²) >= 11 is 0. The molecule has 0 aliphatic carbocycles. The Labute approximate surface area is 93.4 Å². The molecule has 6 nitrogen and oxygen atoms in total. The van der Waals surface area contributed by atoms with Crippen molar-refractivity contribution < 1.29 is 19.8 Å². The number of carbonyl (C=O) groups excluding carboxylic acids is 2. The number of hydrogen-bond donors (Lipinski definition) is 2. The molecule has 2 N–H and O–H groups in total. The maximum absolute atomic E-state index is 12.0.